The number of carboxylic acid groups (broad SMARTS) is 1. The summed E-state index contributed by atoms with van der Waals surface area (Å²) in [7, 11) is 0. The van der Waals surface area contributed by atoms with Crippen molar-refractivity contribution in [1.29, 1.82) is 0 Å². The first-order chi connectivity index (χ1) is 10.5. The molecule has 0 aromatic heterocycles. The van der Waals surface area contributed by atoms with Crippen LogP contribution in [0.2, 0.25) is 0 Å². The van der Waals surface area contributed by atoms with E-state index in [0.717, 1.165) is 12.1 Å². The number of nitrogens with zero attached hydrogens (tertiary/aromatic N) is 1. The maximum atomic E-state index is 13.1. The van der Waals surface area contributed by atoms with Crippen molar-refractivity contribution in [1.82, 2.24) is 0 Å². The van der Waals surface area contributed by atoms with Crippen LogP contribution in [0.4, 0.5) is 32.0 Å². The van der Waals surface area contributed by atoms with E-state index in [1.165, 1.54) is 4.90 Å². The summed E-state index contributed by atoms with van der Waals surface area (Å²) in [5, 5.41) is 8.79. The summed E-state index contributed by atoms with van der Waals surface area (Å²) >= 11 is 0. The Morgan fingerprint density at radius 1 is 1.09 bits per heavy atom. The number of anilines is 1. The molecule has 3 nitrogen and oxygen atoms in total. The number of alkyl halides is 6. The van der Waals surface area contributed by atoms with E-state index in [2.05, 4.69) is 0 Å². The molecule has 23 heavy (non-hydrogen) atoms. The van der Waals surface area contributed by atoms with Gasteiger partial charge in [-0.25, -0.2) is 4.79 Å². The number of rotatable bonds is 2. The number of halogens is 6. The average Bonchev–Trinajstić information content (AvgIpc) is 2.45. The van der Waals surface area contributed by atoms with E-state index in [4.69, 9.17) is 5.11 Å². The summed E-state index contributed by atoms with van der Waals surface area (Å²) in [5.74, 6) is -3.02. The summed E-state index contributed by atoms with van der Waals surface area (Å²) in [5.41, 5.74) is -1.96. The zero-order valence-electron chi connectivity index (χ0n) is 11.7. The van der Waals surface area contributed by atoms with Crippen molar-refractivity contribution in [3.8, 4) is 0 Å². The van der Waals surface area contributed by atoms with Crippen LogP contribution in [0, 0.1) is 5.92 Å². The highest BCUT2D eigenvalue weighted by Crippen LogP contribution is 2.40. The van der Waals surface area contributed by atoms with Crippen LogP contribution in [0.5, 0.6) is 0 Å². The lowest BCUT2D eigenvalue weighted by Crippen LogP contribution is -2.39. The minimum atomic E-state index is -4.79. The molecule has 1 fully saturated rings. The highest BCUT2D eigenvalue weighted by molar-refractivity contribution is 5.88. The SMILES string of the molecule is O=C(O)c1ccc(N2CCC(C(F)(F)F)CC2)c(C(F)(F)F)c1. The molecule has 0 radical (unpaired) electrons. The van der Waals surface area contributed by atoms with Gasteiger partial charge in [-0.3, -0.25) is 0 Å². The molecule has 128 valence electrons. The first-order valence-corrected chi connectivity index (χ1v) is 6.76. The van der Waals surface area contributed by atoms with E-state index >= 15 is 0 Å². The molecule has 1 N–H and O–H groups in total. The monoisotopic (exact) mass is 341 g/mol. The van der Waals surface area contributed by atoms with Crippen LogP contribution in [0.15, 0.2) is 18.2 Å². The Kier molecular flexibility index (Phi) is 4.50. The highest BCUT2D eigenvalue weighted by Gasteiger charge is 2.42. The number of hydrogen-bond donors (Lipinski definition) is 1. The maximum Gasteiger partial charge on any atom is 0.418 e. The molecule has 0 unspecified atom stereocenters. The van der Waals surface area contributed by atoms with Crippen molar-refractivity contribution in [2.45, 2.75) is 25.2 Å². The van der Waals surface area contributed by atoms with E-state index in [1.54, 1.807) is 0 Å². The summed E-state index contributed by atoms with van der Waals surface area (Å²) in [6, 6.07) is 2.52. The number of piperidine rings is 1. The fourth-order valence-electron chi connectivity index (χ4n) is 2.62. The molecule has 1 heterocycles. The number of aromatic carboxylic acids is 1. The lowest BCUT2D eigenvalue weighted by Gasteiger charge is -2.35. The van der Waals surface area contributed by atoms with Crippen LogP contribution in [0.1, 0.15) is 28.8 Å². The Morgan fingerprint density at radius 3 is 2.09 bits per heavy atom. The molecular weight excluding hydrogens is 328 g/mol. The largest absolute Gasteiger partial charge is 0.478 e. The van der Waals surface area contributed by atoms with Crippen molar-refractivity contribution >= 4 is 11.7 Å². The molecule has 9 heteroatoms. The van der Waals surface area contributed by atoms with Crippen LogP contribution >= 0.6 is 0 Å². The van der Waals surface area contributed by atoms with Gasteiger partial charge in [0, 0.05) is 18.8 Å². The minimum Gasteiger partial charge on any atom is -0.478 e. The summed E-state index contributed by atoms with van der Waals surface area (Å²) in [4.78, 5) is 12.0. The highest BCUT2D eigenvalue weighted by atomic mass is 19.4. The molecule has 0 atom stereocenters. The van der Waals surface area contributed by atoms with E-state index in [9.17, 15) is 31.1 Å². The number of benzene rings is 1. The maximum absolute atomic E-state index is 13.1. The normalized spacial score (nSPS) is 17.4. The number of hydrogen-bond acceptors (Lipinski definition) is 2. The van der Waals surface area contributed by atoms with Gasteiger partial charge in [0.15, 0.2) is 0 Å². The van der Waals surface area contributed by atoms with Crippen molar-refractivity contribution in [3.05, 3.63) is 29.3 Å². The van der Waals surface area contributed by atoms with Gasteiger partial charge in [-0.2, -0.15) is 26.3 Å². The zero-order valence-corrected chi connectivity index (χ0v) is 11.7. The summed E-state index contributed by atoms with van der Waals surface area (Å²) in [6.45, 7) is -0.334. The smallest absolute Gasteiger partial charge is 0.418 e. The van der Waals surface area contributed by atoms with Gasteiger partial charge in [-0.05, 0) is 31.0 Å². The second kappa shape index (κ2) is 5.93. The van der Waals surface area contributed by atoms with Crippen molar-refractivity contribution in [2.75, 3.05) is 18.0 Å². The van der Waals surface area contributed by atoms with Crippen molar-refractivity contribution in [2.24, 2.45) is 5.92 Å². The molecular formula is C14H13F6NO2. The Labute approximate surface area is 127 Å². The molecule has 0 bridgehead atoms. The molecule has 0 amide bonds. The van der Waals surface area contributed by atoms with Gasteiger partial charge in [0.2, 0.25) is 0 Å². The third-order valence-electron chi connectivity index (χ3n) is 3.85. The van der Waals surface area contributed by atoms with Gasteiger partial charge in [-0.1, -0.05) is 0 Å². The number of carbonyl (C=O) groups is 1. The van der Waals surface area contributed by atoms with Gasteiger partial charge in [-0.15, -0.1) is 0 Å². The third kappa shape index (κ3) is 3.89. The second-order valence-corrected chi connectivity index (χ2v) is 5.34. The van der Waals surface area contributed by atoms with Crippen LogP contribution in [-0.4, -0.2) is 30.3 Å². The molecule has 1 saturated heterocycles. The van der Waals surface area contributed by atoms with Crippen LogP contribution in [-0.2, 0) is 6.18 Å². The van der Waals surface area contributed by atoms with Crippen LogP contribution < -0.4 is 4.90 Å². The molecule has 2 rings (SSSR count). The third-order valence-corrected chi connectivity index (χ3v) is 3.85. The lowest BCUT2D eigenvalue weighted by molar-refractivity contribution is -0.179. The lowest BCUT2D eigenvalue weighted by atomic mass is 9.95. The minimum absolute atomic E-state index is 0.167. The molecule has 1 aliphatic rings. The van der Waals surface area contributed by atoms with Crippen molar-refractivity contribution in [3.63, 3.8) is 0 Å². The Balaban J connectivity index is 2.28. The van der Waals surface area contributed by atoms with E-state index in [-0.39, 0.29) is 31.6 Å². The Hall–Kier alpha value is -1.93. The van der Waals surface area contributed by atoms with Gasteiger partial charge < -0.3 is 10.0 Å². The van der Waals surface area contributed by atoms with Crippen LogP contribution in [0.3, 0.4) is 0 Å². The Bertz CT molecular complexity index is 588. The summed E-state index contributed by atoms with van der Waals surface area (Å²) < 4.78 is 77.2. The predicted octanol–water partition coefficient (Wildman–Crippen LogP) is 4.18. The van der Waals surface area contributed by atoms with Gasteiger partial charge in [0.25, 0.3) is 0 Å². The Morgan fingerprint density at radius 2 is 1.65 bits per heavy atom. The first kappa shape index (κ1) is 17.4. The standard InChI is InChI=1S/C14H13F6NO2/c15-13(16,17)9-3-5-21(6-4-9)11-2-1-8(12(22)23)7-10(11)14(18,19)20/h1-2,7,9H,3-6H2,(H,22,23). The molecule has 0 saturated carbocycles. The quantitative estimate of drug-likeness (QED) is 0.821. The molecule has 1 aromatic carbocycles. The molecule has 1 aliphatic heterocycles. The van der Waals surface area contributed by atoms with Crippen LogP contribution in [0.25, 0.3) is 0 Å². The topological polar surface area (TPSA) is 40.5 Å². The van der Waals surface area contributed by atoms with E-state index in [0.29, 0.717) is 6.07 Å². The fourth-order valence-corrected chi connectivity index (χ4v) is 2.62. The summed E-state index contributed by atoms with van der Waals surface area (Å²) in [6.07, 6.45) is -9.73. The second-order valence-electron chi connectivity index (χ2n) is 5.34. The van der Waals surface area contributed by atoms with Gasteiger partial charge in [0.1, 0.15) is 0 Å². The van der Waals surface area contributed by atoms with Gasteiger partial charge >= 0.3 is 18.3 Å². The van der Waals surface area contributed by atoms with Crippen molar-refractivity contribution < 1.29 is 36.2 Å². The number of carboxylic acids is 1. The zero-order chi connectivity index (χ0) is 17.4. The van der Waals surface area contributed by atoms with Gasteiger partial charge in [0.05, 0.1) is 17.0 Å². The molecule has 0 aliphatic carbocycles. The molecule has 0 spiro atoms. The van der Waals surface area contributed by atoms with E-state index < -0.39 is 35.4 Å². The average molecular weight is 341 g/mol. The first-order valence-electron chi connectivity index (χ1n) is 6.76. The van der Waals surface area contributed by atoms with E-state index in [1.807, 2.05) is 0 Å². The molecule has 1 aromatic rings. The predicted molar refractivity (Wildman–Crippen MR) is 69.4 cm³/mol. The fraction of sp³-hybridized carbons (Fsp3) is 0.500.